The summed E-state index contributed by atoms with van der Waals surface area (Å²) < 4.78 is 36.9. The number of benzene rings is 1. The van der Waals surface area contributed by atoms with Crippen molar-refractivity contribution in [1.82, 2.24) is 0 Å². The van der Waals surface area contributed by atoms with Gasteiger partial charge in [-0.2, -0.15) is 18.4 Å². The number of allylic oxidation sites excluding steroid dienone is 1. The van der Waals surface area contributed by atoms with Gasteiger partial charge < -0.3 is 5.73 Å². The largest absolute Gasteiger partial charge is 0.416 e. The van der Waals surface area contributed by atoms with Crippen molar-refractivity contribution in [2.45, 2.75) is 6.18 Å². The molecule has 0 saturated heterocycles. The van der Waals surface area contributed by atoms with E-state index in [4.69, 9.17) is 11.0 Å². The number of hydrogen-bond acceptors (Lipinski definition) is 2. The third-order valence-corrected chi connectivity index (χ3v) is 1.74. The number of nitriles is 1. The molecule has 0 aliphatic rings. The number of nitrogens with two attached hydrogens (primary N) is 1. The van der Waals surface area contributed by atoms with Crippen molar-refractivity contribution >= 4 is 5.70 Å². The van der Waals surface area contributed by atoms with Crippen LogP contribution in [0.5, 0.6) is 0 Å². The van der Waals surface area contributed by atoms with Gasteiger partial charge in [-0.1, -0.05) is 12.1 Å². The zero-order valence-corrected chi connectivity index (χ0v) is 7.55. The maximum Gasteiger partial charge on any atom is 0.416 e. The Kier molecular flexibility index (Phi) is 3.00. The van der Waals surface area contributed by atoms with E-state index in [1.807, 2.05) is 0 Å². The zero-order chi connectivity index (χ0) is 11.5. The minimum absolute atomic E-state index is 0.0172. The molecule has 78 valence electrons. The second-order valence-corrected chi connectivity index (χ2v) is 2.81. The maximum absolute atomic E-state index is 12.3. The van der Waals surface area contributed by atoms with Gasteiger partial charge in [0.05, 0.1) is 11.6 Å². The Labute approximate surface area is 84.4 Å². The molecule has 0 bridgehead atoms. The Morgan fingerprint density at radius 3 is 2.60 bits per heavy atom. The first-order chi connectivity index (χ1) is 6.95. The monoisotopic (exact) mass is 212 g/mol. The van der Waals surface area contributed by atoms with Crippen molar-refractivity contribution in [3.05, 3.63) is 41.5 Å². The van der Waals surface area contributed by atoms with E-state index in [2.05, 4.69) is 0 Å². The van der Waals surface area contributed by atoms with E-state index in [-0.39, 0.29) is 11.3 Å². The normalized spacial score (nSPS) is 12.3. The second kappa shape index (κ2) is 4.05. The number of hydrogen-bond donors (Lipinski definition) is 1. The second-order valence-electron chi connectivity index (χ2n) is 2.81. The van der Waals surface area contributed by atoms with Gasteiger partial charge in [0.1, 0.15) is 0 Å². The van der Waals surface area contributed by atoms with Gasteiger partial charge in [0, 0.05) is 11.8 Å². The molecule has 2 nitrogen and oxygen atoms in total. The van der Waals surface area contributed by atoms with E-state index in [0.29, 0.717) is 0 Å². The number of rotatable bonds is 1. The van der Waals surface area contributed by atoms with Crippen LogP contribution in [0, 0.1) is 11.3 Å². The van der Waals surface area contributed by atoms with Crippen molar-refractivity contribution in [2.75, 3.05) is 0 Å². The van der Waals surface area contributed by atoms with Crippen LogP contribution in [0.4, 0.5) is 13.2 Å². The van der Waals surface area contributed by atoms with Gasteiger partial charge >= 0.3 is 6.18 Å². The van der Waals surface area contributed by atoms with Crippen LogP contribution in [-0.4, -0.2) is 0 Å². The summed E-state index contributed by atoms with van der Waals surface area (Å²) in [6.45, 7) is 0. The fourth-order valence-electron chi connectivity index (χ4n) is 1.03. The standard InChI is InChI=1S/C10H7F3N2/c11-10(12,13)8-3-1-2-7(6-8)9(15)4-5-14/h1-4,6H,15H2/b9-4-. The molecule has 0 saturated carbocycles. The van der Waals surface area contributed by atoms with Crippen LogP contribution < -0.4 is 5.73 Å². The fraction of sp³-hybridized carbons (Fsp3) is 0.100. The Balaban J connectivity index is 3.15. The molecule has 0 aliphatic carbocycles. The Morgan fingerprint density at radius 2 is 2.07 bits per heavy atom. The summed E-state index contributed by atoms with van der Waals surface area (Å²) in [7, 11) is 0. The smallest absolute Gasteiger partial charge is 0.398 e. The molecule has 0 radical (unpaired) electrons. The zero-order valence-electron chi connectivity index (χ0n) is 7.55. The summed E-state index contributed by atoms with van der Waals surface area (Å²) >= 11 is 0. The molecule has 1 rings (SSSR count). The number of nitrogens with zero attached hydrogens (tertiary/aromatic N) is 1. The van der Waals surface area contributed by atoms with Gasteiger partial charge in [-0.3, -0.25) is 0 Å². The highest BCUT2D eigenvalue weighted by Crippen LogP contribution is 2.30. The van der Waals surface area contributed by atoms with E-state index in [9.17, 15) is 13.2 Å². The molecule has 0 aliphatic heterocycles. The Bertz CT molecular complexity index is 427. The summed E-state index contributed by atoms with van der Waals surface area (Å²) in [5.74, 6) is 0. The average molecular weight is 212 g/mol. The molecule has 0 atom stereocenters. The highest BCUT2D eigenvalue weighted by atomic mass is 19.4. The predicted molar refractivity (Wildman–Crippen MR) is 49.2 cm³/mol. The summed E-state index contributed by atoms with van der Waals surface area (Å²) in [6.07, 6.45) is -3.40. The summed E-state index contributed by atoms with van der Waals surface area (Å²) in [4.78, 5) is 0. The fourth-order valence-corrected chi connectivity index (χ4v) is 1.03. The molecule has 0 heterocycles. The maximum atomic E-state index is 12.3. The quantitative estimate of drug-likeness (QED) is 0.727. The highest BCUT2D eigenvalue weighted by Gasteiger charge is 2.30. The molecule has 1 aromatic carbocycles. The lowest BCUT2D eigenvalue weighted by atomic mass is 10.1. The summed E-state index contributed by atoms with van der Waals surface area (Å²) in [6, 6.07) is 6.17. The molecule has 0 spiro atoms. The van der Waals surface area contributed by atoms with E-state index >= 15 is 0 Å². The first-order valence-corrected chi connectivity index (χ1v) is 3.98. The Morgan fingerprint density at radius 1 is 1.40 bits per heavy atom. The molecule has 5 heteroatoms. The molecule has 0 aromatic heterocycles. The van der Waals surface area contributed by atoms with Crippen LogP contribution in [0.25, 0.3) is 5.70 Å². The minimum atomic E-state index is -4.40. The molecule has 2 N–H and O–H groups in total. The molecule has 0 fully saturated rings. The predicted octanol–water partition coefficient (Wildman–Crippen LogP) is 2.53. The van der Waals surface area contributed by atoms with Gasteiger partial charge in [0.25, 0.3) is 0 Å². The lowest BCUT2D eigenvalue weighted by Crippen LogP contribution is -2.06. The third kappa shape index (κ3) is 2.74. The average Bonchev–Trinajstić information content (AvgIpc) is 2.17. The van der Waals surface area contributed by atoms with Gasteiger partial charge in [0.2, 0.25) is 0 Å². The molecule has 1 aromatic rings. The van der Waals surface area contributed by atoms with Crippen molar-refractivity contribution in [1.29, 1.82) is 5.26 Å². The van der Waals surface area contributed by atoms with Crippen molar-refractivity contribution in [2.24, 2.45) is 5.73 Å². The molecular weight excluding hydrogens is 205 g/mol. The molecule has 15 heavy (non-hydrogen) atoms. The first-order valence-electron chi connectivity index (χ1n) is 3.98. The summed E-state index contributed by atoms with van der Waals surface area (Å²) in [5.41, 5.74) is 4.81. The van der Waals surface area contributed by atoms with E-state index in [1.54, 1.807) is 6.07 Å². The molecule has 0 amide bonds. The lowest BCUT2D eigenvalue weighted by Gasteiger charge is -2.08. The van der Waals surface area contributed by atoms with Crippen molar-refractivity contribution in [3.63, 3.8) is 0 Å². The lowest BCUT2D eigenvalue weighted by molar-refractivity contribution is -0.137. The third-order valence-electron chi connectivity index (χ3n) is 1.74. The highest BCUT2D eigenvalue weighted by molar-refractivity contribution is 5.65. The van der Waals surface area contributed by atoms with Crippen LogP contribution in [0.3, 0.4) is 0 Å². The van der Waals surface area contributed by atoms with E-state index < -0.39 is 11.7 Å². The number of halogens is 3. The van der Waals surface area contributed by atoms with Gasteiger partial charge in [-0.15, -0.1) is 0 Å². The van der Waals surface area contributed by atoms with Crippen LogP contribution >= 0.6 is 0 Å². The molecule has 0 unspecified atom stereocenters. The van der Waals surface area contributed by atoms with Crippen LogP contribution in [0.2, 0.25) is 0 Å². The minimum Gasteiger partial charge on any atom is -0.398 e. The topological polar surface area (TPSA) is 49.8 Å². The van der Waals surface area contributed by atoms with Crippen LogP contribution in [-0.2, 0) is 6.18 Å². The number of alkyl halides is 3. The first kappa shape index (κ1) is 11.1. The van der Waals surface area contributed by atoms with Crippen molar-refractivity contribution in [3.8, 4) is 6.07 Å². The van der Waals surface area contributed by atoms with E-state index in [0.717, 1.165) is 18.2 Å². The van der Waals surface area contributed by atoms with Crippen LogP contribution in [0.1, 0.15) is 11.1 Å². The van der Waals surface area contributed by atoms with Gasteiger partial charge in [-0.25, -0.2) is 0 Å². The molecular formula is C10H7F3N2. The summed E-state index contributed by atoms with van der Waals surface area (Å²) in [5, 5.41) is 8.30. The Hall–Kier alpha value is -1.96. The van der Waals surface area contributed by atoms with Crippen LogP contribution in [0.15, 0.2) is 30.3 Å². The van der Waals surface area contributed by atoms with Gasteiger partial charge in [0.15, 0.2) is 0 Å². The van der Waals surface area contributed by atoms with Gasteiger partial charge in [-0.05, 0) is 17.7 Å². The van der Waals surface area contributed by atoms with E-state index in [1.165, 1.54) is 12.1 Å². The SMILES string of the molecule is N#C/C=C(\N)c1cccc(C(F)(F)F)c1. The van der Waals surface area contributed by atoms with Crippen molar-refractivity contribution < 1.29 is 13.2 Å².